The Balaban J connectivity index is 0.00000436. The van der Waals surface area contributed by atoms with Crippen LogP contribution in [0.1, 0.15) is 44.9 Å². The van der Waals surface area contributed by atoms with Crippen LogP contribution in [0.4, 0.5) is 0 Å². The van der Waals surface area contributed by atoms with Crippen LogP contribution in [0.2, 0.25) is 0 Å². The molecule has 0 aliphatic heterocycles. The van der Waals surface area contributed by atoms with Crippen LogP contribution < -0.4 is 10.4 Å². The van der Waals surface area contributed by atoms with E-state index in [1.165, 1.54) is 87.6 Å². The third kappa shape index (κ3) is 5.77. The Morgan fingerprint density at radius 2 is 1.33 bits per heavy atom. The highest BCUT2D eigenvalue weighted by Crippen LogP contribution is 2.50. The third-order valence-electron chi connectivity index (χ3n) is 12.2. The Bertz CT molecular complexity index is 3260. The van der Waals surface area contributed by atoms with E-state index in [0.29, 0.717) is 0 Å². The molecule has 2 aliphatic carbocycles. The summed E-state index contributed by atoms with van der Waals surface area (Å²) in [5.74, 6) is 0. The van der Waals surface area contributed by atoms with Gasteiger partial charge in [0.15, 0.2) is 0 Å². The third-order valence-corrected chi connectivity index (χ3v) is 12.2. The topological polar surface area (TPSA) is 0 Å². The molecule has 0 bridgehead atoms. The molecule has 0 unspecified atom stereocenters. The van der Waals surface area contributed by atoms with E-state index in [-0.39, 0.29) is 12.8 Å². The Kier molecular flexibility index (Phi) is 9.17. The smallest absolute Gasteiger partial charge is 0.0328 e. The van der Waals surface area contributed by atoms with Crippen molar-refractivity contribution in [2.45, 2.75) is 33.6 Å². The van der Waals surface area contributed by atoms with Gasteiger partial charge in [-0.2, -0.15) is 0 Å². The van der Waals surface area contributed by atoms with Crippen LogP contribution in [0.5, 0.6) is 0 Å². The molecule has 10 rings (SSSR count). The van der Waals surface area contributed by atoms with Crippen molar-refractivity contribution in [3.05, 3.63) is 216 Å². The van der Waals surface area contributed by atoms with Gasteiger partial charge in [-0.15, -0.1) is 5.73 Å². The fourth-order valence-electron chi connectivity index (χ4n) is 9.41. The zero-order valence-electron chi connectivity index (χ0n) is 32.6. The monoisotopic (exact) mass is 742 g/mol. The molecule has 0 radical (unpaired) electrons. The second kappa shape index (κ2) is 14.5. The Labute approximate surface area is 342 Å². The van der Waals surface area contributed by atoms with E-state index < -0.39 is 0 Å². The van der Waals surface area contributed by atoms with Crippen LogP contribution in [-0.2, 0) is 5.41 Å². The fraction of sp³-hybridized carbons (Fsp3) is 0.0862. The maximum atomic E-state index is 4.16. The highest BCUT2D eigenvalue weighted by Gasteiger charge is 2.35. The standard InChI is InChI=1S/C57H42.CH4/c1-5-7-18-37(6-2)38-20-17-21-42(33-38)55-48-26-9-8-10-27-49(48)56(51-35-41-19-11-12-22-43(41)44-23-13-14-24-45(44)51)52-34-39(30-32-50(52)55)40-29-31-47-46-25-15-16-28-53(46)57(3,4)54(47)36-40;/h5-25,27-36H,2H2,1,3-4H3;1H4/b7-5-,37-18+;. The quantitative estimate of drug-likeness (QED) is 0.118. The number of allylic oxidation sites excluding steroid dienone is 8. The van der Waals surface area contributed by atoms with Crippen molar-refractivity contribution < 1.29 is 0 Å². The van der Waals surface area contributed by atoms with Gasteiger partial charge in [0.25, 0.3) is 0 Å². The Morgan fingerprint density at radius 3 is 2.17 bits per heavy atom. The van der Waals surface area contributed by atoms with Crippen LogP contribution in [-0.4, -0.2) is 0 Å². The molecule has 0 saturated carbocycles. The number of hydrogen-bond donors (Lipinski definition) is 0. The van der Waals surface area contributed by atoms with Crippen LogP contribution in [0.25, 0.3) is 94.2 Å². The van der Waals surface area contributed by atoms with Gasteiger partial charge in [-0.1, -0.05) is 186 Å². The molecule has 58 heavy (non-hydrogen) atoms. The lowest BCUT2D eigenvalue weighted by molar-refractivity contribution is 0.660. The zero-order chi connectivity index (χ0) is 38.7. The predicted octanol–water partition coefficient (Wildman–Crippen LogP) is 14.5. The number of fused-ring (bicyclic) bond motifs is 8. The van der Waals surface area contributed by atoms with Gasteiger partial charge in [0.1, 0.15) is 0 Å². The van der Waals surface area contributed by atoms with Gasteiger partial charge in [-0.3, -0.25) is 0 Å². The van der Waals surface area contributed by atoms with E-state index in [9.17, 15) is 0 Å². The molecule has 0 amide bonds. The zero-order valence-corrected chi connectivity index (χ0v) is 32.6. The van der Waals surface area contributed by atoms with Crippen LogP contribution in [0, 0.1) is 0 Å². The Morgan fingerprint density at radius 1 is 0.586 bits per heavy atom. The van der Waals surface area contributed by atoms with Crippen molar-refractivity contribution in [2.24, 2.45) is 0 Å². The minimum absolute atomic E-state index is 0. The van der Waals surface area contributed by atoms with Gasteiger partial charge in [-0.05, 0) is 136 Å². The maximum Gasteiger partial charge on any atom is 0.0328 e. The molecule has 0 atom stereocenters. The predicted molar refractivity (Wildman–Crippen MR) is 253 cm³/mol. The van der Waals surface area contributed by atoms with Gasteiger partial charge < -0.3 is 0 Å². The SMILES string of the molecule is C.C=C/C(=C\C=C/C)c1cccc(-c2c3c(c(-c4cc5ccccc5c5ccccc45)c4cc(-c5ccc6c(c5)C(C)(C)c5ccccc5-6)ccc24)=CC=CC=C=3)c1. The molecule has 0 heteroatoms. The summed E-state index contributed by atoms with van der Waals surface area (Å²) in [4.78, 5) is 0. The molecule has 0 nitrogen and oxygen atoms in total. The van der Waals surface area contributed by atoms with Crippen molar-refractivity contribution in [3.8, 4) is 44.5 Å². The fourth-order valence-corrected chi connectivity index (χ4v) is 9.41. The molecule has 2 aliphatic rings. The van der Waals surface area contributed by atoms with E-state index in [1.807, 2.05) is 13.0 Å². The summed E-state index contributed by atoms with van der Waals surface area (Å²) in [6.45, 7) is 10.9. The van der Waals surface area contributed by atoms with Crippen molar-refractivity contribution in [1.29, 1.82) is 0 Å². The molecule has 278 valence electrons. The van der Waals surface area contributed by atoms with Crippen molar-refractivity contribution >= 4 is 49.7 Å². The van der Waals surface area contributed by atoms with Crippen molar-refractivity contribution in [2.75, 3.05) is 0 Å². The molecule has 0 fully saturated rings. The first kappa shape index (κ1) is 36.6. The largest absolute Gasteiger partial charge is 0.112 e. The van der Waals surface area contributed by atoms with Gasteiger partial charge in [-0.25, -0.2) is 0 Å². The van der Waals surface area contributed by atoms with E-state index in [1.54, 1.807) is 0 Å². The highest BCUT2D eigenvalue weighted by atomic mass is 14.4. The van der Waals surface area contributed by atoms with Crippen LogP contribution >= 0.6 is 0 Å². The summed E-state index contributed by atoms with van der Waals surface area (Å²) in [7, 11) is 0. The number of hydrogen-bond acceptors (Lipinski definition) is 0. The Hall–Kier alpha value is -6.98. The van der Waals surface area contributed by atoms with E-state index in [2.05, 4.69) is 208 Å². The molecule has 8 aromatic carbocycles. The lowest BCUT2D eigenvalue weighted by atomic mass is 9.81. The van der Waals surface area contributed by atoms with Gasteiger partial charge in [0, 0.05) is 16.2 Å². The van der Waals surface area contributed by atoms with Crippen LogP contribution in [0.3, 0.4) is 0 Å². The second-order valence-corrected chi connectivity index (χ2v) is 15.7. The maximum absolute atomic E-state index is 4.16. The van der Waals surface area contributed by atoms with Crippen molar-refractivity contribution in [1.82, 2.24) is 0 Å². The van der Waals surface area contributed by atoms with Crippen LogP contribution in [0.15, 0.2) is 189 Å². The first-order chi connectivity index (χ1) is 28.0. The average molecular weight is 743 g/mol. The minimum atomic E-state index is -0.0847. The van der Waals surface area contributed by atoms with Gasteiger partial charge in [0.2, 0.25) is 0 Å². The van der Waals surface area contributed by atoms with E-state index in [0.717, 1.165) is 21.9 Å². The lowest BCUT2D eigenvalue weighted by Crippen LogP contribution is -2.28. The minimum Gasteiger partial charge on any atom is -0.112 e. The van der Waals surface area contributed by atoms with Gasteiger partial charge in [0.05, 0.1) is 0 Å². The molecule has 0 saturated heterocycles. The summed E-state index contributed by atoms with van der Waals surface area (Å²) >= 11 is 0. The molecule has 0 heterocycles. The second-order valence-electron chi connectivity index (χ2n) is 15.7. The molecular weight excluding hydrogens is 697 g/mol. The van der Waals surface area contributed by atoms with Crippen molar-refractivity contribution in [3.63, 3.8) is 0 Å². The summed E-state index contributed by atoms with van der Waals surface area (Å²) < 4.78 is 0. The summed E-state index contributed by atoms with van der Waals surface area (Å²) in [5.41, 5.74) is 18.6. The van der Waals surface area contributed by atoms with Gasteiger partial charge >= 0.3 is 0 Å². The first-order valence-electron chi connectivity index (χ1n) is 19.9. The lowest BCUT2D eigenvalue weighted by Gasteiger charge is -2.22. The van der Waals surface area contributed by atoms with E-state index in [4.69, 9.17) is 0 Å². The first-order valence-corrected chi connectivity index (χ1v) is 19.9. The molecular formula is C58H46. The van der Waals surface area contributed by atoms with E-state index >= 15 is 0 Å². The number of benzene rings is 8. The summed E-state index contributed by atoms with van der Waals surface area (Å²) in [5, 5.41) is 9.68. The molecule has 0 spiro atoms. The highest BCUT2D eigenvalue weighted by molar-refractivity contribution is 6.18. The molecule has 0 N–H and O–H groups in total. The average Bonchev–Trinajstić information content (AvgIpc) is 3.36. The summed E-state index contributed by atoms with van der Waals surface area (Å²) in [6, 6.07) is 52.1. The summed E-state index contributed by atoms with van der Waals surface area (Å²) in [6.07, 6.45) is 16.8. The normalized spacial score (nSPS) is 13.7. The molecule has 8 aromatic rings. The molecule has 0 aromatic heterocycles. The number of rotatable bonds is 6.